The molecule has 1 atom stereocenters. The normalized spacial score (nSPS) is 11.8. The summed E-state index contributed by atoms with van der Waals surface area (Å²) in [6.07, 6.45) is -0.954. The number of methoxy groups -OCH3 is 1. The van der Waals surface area contributed by atoms with Crippen LogP contribution in [0.2, 0.25) is 0 Å². The van der Waals surface area contributed by atoms with Crippen molar-refractivity contribution >= 4 is 28.6 Å². The molecule has 0 aliphatic carbocycles. The Morgan fingerprint density at radius 1 is 1.00 bits per heavy atom. The van der Waals surface area contributed by atoms with Gasteiger partial charge in [0, 0.05) is 11.3 Å². The van der Waals surface area contributed by atoms with Crippen molar-refractivity contribution in [1.82, 2.24) is 9.97 Å². The zero-order valence-electron chi connectivity index (χ0n) is 18.9. The molecule has 0 spiro atoms. The Kier molecular flexibility index (Phi) is 6.13. The number of carbonyl (C=O) groups is 2. The van der Waals surface area contributed by atoms with Gasteiger partial charge < -0.3 is 19.8 Å². The first-order valence-corrected chi connectivity index (χ1v) is 10.6. The second-order valence-corrected chi connectivity index (χ2v) is 7.90. The van der Waals surface area contributed by atoms with Crippen molar-refractivity contribution in [2.24, 2.45) is 0 Å². The van der Waals surface area contributed by atoms with Crippen LogP contribution in [-0.4, -0.2) is 35.1 Å². The molecular weight excluding hydrogens is 418 g/mol. The SMILES string of the molecule is COc1ccc(-c2nc3ccc(C(=O)OC(C)C(=O)Nc4cc(C)ccc4C)cc3[nH]2)cc1. The number of aromatic amines is 1. The maximum Gasteiger partial charge on any atom is 0.338 e. The lowest BCUT2D eigenvalue weighted by atomic mass is 10.1. The minimum absolute atomic E-state index is 0.332. The van der Waals surface area contributed by atoms with Gasteiger partial charge in [-0.15, -0.1) is 0 Å². The summed E-state index contributed by atoms with van der Waals surface area (Å²) >= 11 is 0. The summed E-state index contributed by atoms with van der Waals surface area (Å²) in [5.41, 5.74) is 5.31. The highest BCUT2D eigenvalue weighted by Crippen LogP contribution is 2.24. The van der Waals surface area contributed by atoms with Crippen LogP contribution < -0.4 is 10.1 Å². The first-order valence-electron chi connectivity index (χ1n) is 10.6. The second-order valence-electron chi connectivity index (χ2n) is 7.90. The van der Waals surface area contributed by atoms with Gasteiger partial charge in [0.15, 0.2) is 6.10 Å². The highest BCUT2D eigenvalue weighted by Gasteiger charge is 2.20. The Morgan fingerprint density at radius 2 is 1.76 bits per heavy atom. The van der Waals surface area contributed by atoms with E-state index in [2.05, 4.69) is 15.3 Å². The van der Waals surface area contributed by atoms with Crippen LogP contribution in [-0.2, 0) is 9.53 Å². The van der Waals surface area contributed by atoms with Crippen LogP contribution in [0.15, 0.2) is 60.7 Å². The van der Waals surface area contributed by atoms with Crippen molar-refractivity contribution in [3.63, 3.8) is 0 Å². The molecule has 0 fully saturated rings. The van der Waals surface area contributed by atoms with E-state index in [-0.39, 0.29) is 5.91 Å². The zero-order valence-corrected chi connectivity index (χ0v) is 18.9. The van der Waals surface area contributed by atoms with E-state index in [4.69, 9.17) is 9.47 Å². The number of carbonyl (C=O) groups excluding carboxylic acids is 2. The van der Waals surface area contributed by atoms with E-state index < -0.39 is 12.1 Å². The molecule has 0 saturated carbocycles. The van der Waals surface area contributed by atoms with Crippen molar-refractivity contribution in [2.75, 3.05) is 12.4 Å². The second kappa shape index (κ2) is 9.16. The summed E-state index contributed by atoms with van der Waals surface area (Å²) in [5, 5.41) is 2.83. The number of fused-ring (bicyclic) bond motifs is 1. The van der Waals surface area contributed by atoms with Crippen molar-refractivity contribution < 1.29 is 19.1 Å². The maximum absolute atomic E-state index is 12.7. The fourth-order valence-electron chi connectivity index (χ4n) is 3.41. The number of anilines is 1. The molecule has 0 radical (unpaired) electrons. The number of esters is 1. The molecule has 7 heteroatoms. The van der Waals surface area contributed by atoms with E-state index in [9.17, 15) is 9.59 Å². The van der Waals surface area contributed by atoms with E-state index >= 15 is 0 Å². The van der Waals surface area contributed by atoms with Gasteiger partial charge in [-0.2, -0.15) is 0 Å². The van der Waals surface area contributed by atoms with Gasteiger partial charge >= 0.3 is 5.97 Å². The predicted molar refractivity (Wildman–Crippen MR) is 128 cm³/mol. The Hall–Kier alpha value is -4.13. The first-order chi connectivity index (χ1) is 15.8. The Balaban J connectivity index is 1.47. The summed E-state index contributed by atoms with van der Waals surface area (Å²) in [6.45, 7) is 5.41. The standard InChI is InChI=1S/C26H25N3O4/c1-15-5-6-16(2)22(13-15)29-25(30)17(3)33-26(31)19-9-12-21-23(14-19)28-24(27-21)18-7-10-20(32-4)11-8-18/h5-14,17H,1-4H3,(H,27,28)(H,29,30). The van der Waals surface area contributed by atoms with Crippen LogP contribution in [0.25, 0.3) is 22.4 Å². The summed E-state index contributed by atoms with van der Waals surface area (Å²) in [4.78, 5) is 33.0. The minimum atomic E-state index is -0.954. The molecular formula is C26H25N3O4. The third kappa shape index (κ3) is 4.87. The molecule has 4 rings (SSSR count). The molecule has 4 aromatic rings. The average molecular weight is 444 g/mol. The number of ether oxygens (including phenoxy) is 2. The number of nitrogens with one attached hydrogen (secondary N) is 2. The van der Waals surface area contributed by atoms with Gasteiger partial charge in [-0.05, 0) is 80.4 Å². The molecule has 1 heterocycles. The summed E-state index contributed by atoms with van der Waals surface area (Å²) in [5.74, 6) is 0.470. The molecule has 1 aromatic heterocycles. The predicted octanol–water partition coefficient (Wildman–Crippen LogP) is 5.04. The van der Waals surface area contributed by atoms with Gasteiger partial charge in [-0.25, -0.2) is 9.78 Å². The third-order valence-corrected chi connectivity index (χ3v) is 5.39. The fourth-order valence-corrected chi connectivity index (χ4v) is 3.41. The van der Waals surface area contributed by atoms with Crippen LogP contribution in [0, 0.1) is 13.8 Å². The number of aryl methyl sites for hydroxylation is 2. The van der Waals surface area contributed by atoms with E-state index in [1.165, 1.54) is 0 Å². The minimum Gasteiger partial charge on any atom is -0.497 e. The number of rotatable bonds is 6. The molecule has 1 unspecified atom stereocenters. The molecule has 7 nitrogen and oxygen atoms in total. The Labute approximate surface area is 191 Å². The van der Waals surface area contributed by atoms with Gasteiger partial charge in [0.25, 0.3) is 5.91 Å². The number of imidazole rings is 1. The topological polar surface area (TPSA) is 93.3 Å². The number of hydrogen-bond donors (Lipinski definition) is 2. The highest BCUT2D eigenvalue weighted by atomic mass is 16.5. The third-order valence-electron chi connectivity index (χ3n) is 5.39. The molecule has 168 valence electrons. The van der Waals surface area contributed by atoms with E-state index in [0.29, 0.717) is 22.6 Å². The van der Waals surface area contributed by atoms with Crippen molar-refractivity contribution in [1.29, 1.82) is 0 Å². The number of benzene rings is 3. The summed E-state index contributed by atoms with van der Waals surface area (Å²) in [7, 11) is 1.62. The van der Waals surface area contributed by atoms with E-state index in [1.54, 1.807) is 32.2 Å². The molecule has 0 aliphatic rings. The first kappa shape index (κ1) is 22.1. The quantitative estimate of drug-likeness (QED) is 0.407. The zero-order chi connectivity index (χ0) is 23.5. The van der Waals surface area contributed by atoms with Crippen LogP contribution in [0.4, 0.5) is 5.69 Å². The van der Waals surface area contributed by atoms with E-state index in [0.717, 1.165) is 28.0 Å². The molecule has 0 aliphatic heterocycles. The van der Waals surface area contributed by atoms with Gasteiger partial charge in [0.2, 0.25) is 0 Å². The van der Waals surface area contributed by atoms with Crippen LogP contribution in [0.5, 0.6) is 5.75 Å². The molecule has 33 heavy (non-hydrogen) atoms. The number of hydrogen-bond acceptors (Lipinski definition) is 5. The smallest absolute Gasteiger partial charge is 0.338 e. The maximum atomic E-state index is 12.7. The molecule has 1 amide bonds. The van der Waals surface area contributed by atoms with Gasteiger partial charge in [0.1, 0.15) is 11.6 Å². The molecule has 3 aromatic carbocycles. The van der Waals surface area contributed by atoms with Crippen molar-refractivity contribution in [2.45, 2.75) is 26.9 Å². The van der Waals surface area contributed by atoms with Crippen LogP contribution in [0.3, 0.4) is 0 Å². The van der Waals surface area contributed by atoms with Gasteiger partial charge in [0.05, 0.1) is 23.7 Å². The van der Waals surface area contributed by atoms with Gasteiger partial charge in [-0.1, -0.05) is 12.1 Å². The van der Waals surface area contributed by atoms with Gasteiger partial charge in [-0.3, -0.25) is 4.79 Å². The molecule has 0 saturated heterocycles. The Morgan fingerprint density at radius 3 is 2.48 bits per heavy atom. The largest absolute Gasteiger partial charge is 0.497 e. The average Bonchev–Trinajstić information content (AvgIpc) is 3.24. The molecule has 2 N–H and O–H groups in total. The lowest BCUT2D eigenvalue weighted by Crippen LogP contribution is -2.30. The highest BCUT2D eigenvalue weighted by molar-refractivity contribution is 5.99. The van der Waals surface area contributed by atoms with Crippen molar-refractivity contribution in [3.8, 4) is 17.1 Å². The summed E-state index contributed by atoms with van der Waals surface area (Å²) in [6, 6.07) is 18.4. The number of nitrogens with zero attached hydrogens (tertiary/aromatic N) is 1. The monoisotopic (exact) mass is 443 g/mol. The summed E-state index contributed by atoms with van der Waals surface area (Å²) < 4.78 is 10.6. The van der Waals surface area contributed by atoms with Crippen molar-refractivity contribution in [3.05, 3.63) is 77.4 Å². The Bertz CT molecular complexity index is 1330. The lowest BCUT2D eigenvalue weighted by Gasteiger charge is -2.15. The van der Waals surface area contributed by atoms with Crippen LogP contribution in [0.1, 0.15) is 28.4 Å². The number of aromatic nitrogens is 2. The fraction of sp³-hybridized carbons (Fsp3) is 0.192. The van der Waals surface area contributed by atoms with Crippen LogP contribution >= 0.6 is 0 Å². The van der Waals surface area contributed by atoms with E-state index in [1.807, 2.05) is 56.3 Å². The molecule has 0 bridgehead atoms. The lowest BCUT2D eigenvalue weighted by molar-refractivity contribution is -0.123. The number of H-pyrrole nitrogens is 1. The number of amides is 1.